The summed E-state index contributed by atoms with van der Waals surface area (Å²) >= 11 is 0. The SMILES string of the molecule is CC(C)(C)OC[C@H]1OC2(CCCO2)C[C@@H](O)[C@@H]1OC(C)(C)C. The summed E-state index contributed by atoms with van der Waals surface area (Å²) in [5.41, 5.74) is -0.613. The van der Waals surface area contributed by atoms with Crippen molar-refractivity contribution in [2.75, 3.05) is 13.2 Å². The zero-order valence-corrected chi connectivity index (χ0v) is 14.8. The lowest BCUT2D eigenvalue weighted by atomic mass is 9.93. The number of hydrogen-bond donors (Lipinski definition) is 1. The molecule has 0 radical (unpaired) electrons. The predicted octanol–water partition coefficient (Wildman–Crippen LogP) is 2.64. The number of aliphatic hydroxyl groups is 1. The van der Waals surface area contributed by atoms with E-state index in [0.717, 1.165) is 12.8 Å². The van der Waals surface area contributed by atoms with Gasteiger partial charge in [0.2, 0.25) is 0 Å². The molecule has 2 rings (SSSR count). The van der Waals surface area contributed by atoms with Crippen LogP contribution in [0.25, 0.3) is 0 Å². The molecule has 0 bridgehead atoms. The van der Waals surface area contributed by atoms with E-state index in [1.165, 1.54) is 0 Å². The first-order chi connectivity index (χ1) is 10.00. The second-order valence-corrected chi connectivity index (χ2v) is 8.41. The van der Waals surface area contributed by atoms with Crippen molar-refractivity contribution in [2.45, 2.75) is 96.1 Å². The van der Waals surface area contributed by atoms with E-state index in [2.05, 4.69) is 0 Å². The molecule has 2 aliphatic rings. The third-order valence-electron chi connectivity index (χ3n) is 3.87. The van der Waals surface area contributed by atoms with E-state index >= 15 is 0 Å². The standard InChI is InChI=1S/C17H32O5/c1-15(2,3)20-11-13-14(22-16(4,5)6)12(18)10-17(21-13)8-7-9-19-17/h12-14,18H,7-11H2,1-6H3/t12-,13-,14+,17?/m1/s1. The molecule has 2 saturated heterocycles. The Morgan fingerprint density at radius 3 is 2.32 bits per heavy atom. The van der Waals surface area contributed by atoms with E-state index in [1.807, 2.05) is 41.5 Å². The Balaban J connectivity index is 2.11. The Labute approximate surface area is 134 Å². The van der Waals surface area contributed by atoms with E-state index in [1.54, 1.807) is 0 Å². The zero-order chi connectivity index (χ0) is 16.6. The highest BCUT2D eigenvalue weighted by Crippen LogP contribution is 2.40. The van der Waals surface area contributed by atoms with Crippen molar-refractivity contribution in [3.8, 4) is 0 Å². The van der Waals surface area contributed by atoms with Crippen LogP contribution in [0.2, 0.25) is 0 Å². The van der Waals surface area contributed by atoms with Crippen molar-refractivity contribution in [1.29, 1.82) is 0 Å². The van der Waals surface area contributed by atoms with Crippen LogP contribution in [0.4, 0.5) is 0 Å². The molecule has 2 aliphatic heterocycles. The third kappa shape index (κ3) is 4.90. The van der Waals surface area contributed by atoms with Crippen LogP contribution in [0.3, 0.4) is 0 Å². The fraction of sp³-hybridized carbons (Fsp3) is 1.00. The monoisotopic (exact) mass is 316 g/mol. The molecule has 1 N–H and O–H groups in total. The van der Waals surface area contributed by atoms with E-state index < -0.39 is 18.0 Å². The number of hydrogen-bond acceptors (Lipinski definition) is 5. The Hall–Kier alpha value is -0.200. The highest BCUT2D eigenvalue weighted by molar-refractivity contribution is 4.94. The lowest BCUT2D eigenvalue weighted by Crippen LogP contribution is -2.58. The van der Waals surface area contributed by atoms with Crippen LogP contribution in [0.5, 0.6) is 0 Å². The van der Waals surface area contributed by atoms with Gasteiger partial charge >= 0.3 is 0 Å². The van der Waals surface area contributed by atoms with Gasteiger partial charge in [0.05, 0.1) is 30.5 Å². The highest BCUT2D eigenvalue weighted by Gasteiger charge is 2.50. The smallest absolute Gasteiger partial charge is 0.171 e. The summed E-state index contributed by atoms with van der Waals surface area (Å²) in [5.74, 6) is -0.664. The van der Waals surface area contributed by atoms with Crippen molar-refractivity contribution < 1.29 is 24.1 Å². The third-order valence-corrected chi connectivity index (χ3v) is 3.87. The molecule has 5 heteroatoms. The average Bonchev–Trinajstić information content (AvgIpc) is 2.76. The summed E-state index contributed by atoms with van der Waals surface area (Å²) in [6, 6.07) is 0. The second-order valence-electron chi connectivity index (χ2n) is 8.41. The van der Waals surface area contributed by atoms with Crippen molar-refractivity contribution in [3.63, 3.8) is 0 Å². The van der Waals surface area contributed by atoms with Gasteiger partial charge in [0, 0.05) is 12.8 Å². The fourth-order valence-corrected chi connectivity index (χ4v) is 3.02. The Bertz CT molecular complexity index is 362. The summed E-state index contributed by atoms with van der Waals surface area (Å²) in [5, 5.41) is 10.6. The van der Waals surface area contributed by atoms with Gasteiger partial charge in [0.15, 0.2) is 5.79 Å². The fourth-order valence-electron chi connectivity index (χ4n) is 3.02. The van der Waals surface area contributed by atoms with Crippen LogP contribution in [0.15, 0.2) is 0 Å². The van der Waals surface area contributed by atoms with Gasteiger partial charge in [-0.3, -0.25) is 0 Å². The zero-order valence-electron chi connectivity index (χ0n) is 14.8. The van der Waals surface area contributed by atoms with Gasteiger partial charge in [-0.05, 0) is 48.0 Å². The molecule has 0 aromatic carbocycles. The first kappa shape index (κ1) is 18.1. The maximum atomic E-state index is 10.6. The van der Waals surface area contributed by atoms with Crippen LogP contribution < -0.4 is 0 Å². The lowest BCUT2D eigenvalue weighted by Gasteiger charge is -2.46. The molecule has 0 aromatic heterocycles. The Kier molecular flexibility index (Phi) is 5.25. The minimum atomic E-state index is -0.664. The molecule has 5 nitrogen and oxygen atoms in total. The summed E-state index contributed by atoms with van der Waals surface area (Å²) in [4.78, 5) is 0. The quantitative estimate of drug-likeness (QED) is 0.867. The first-order valence-corrected chi connectivity index (χ1v) is 8.31. The van der Waals surface area contributed by atoms with E-state index in [4.69, 9.17) is 18.9 Å². The van der Waals surface area contributed by atoms with Crippen LogP contribution in [-0.4, -0.2) is 53.6 Å². The molecule has 0 saturated carbocycles. The van der Waals surface area contributed by atoms with Crippen molar-refractivity contribution in [1.82, 2.24) is 0 Å². The Morgan fingerprint density at radius 1 is 1.14 bits per heavy atom. The molecule has 22 heavy (non-hydrogen) atoms. The topological polar surface area (TPSA) is 57.2 Å². The van der Waals surface area contributed by atoms with Crippen molar-refractivity contribution in [3.05, 3.63) is 0 Å². The molecule has 1 spiro atoms. The number of aliphatic hydroxyl groups excluding tert-OH is 1. The van der Waals surface area contributed by atoms with Crippen LogP contribution in [0.1, 0.15) is 60.8 Å². The summed E-state index contributed by atoms with van der Waals surface area (Å²) in [6.45, 7) is 13.0. The predicted molar refractivity (Wildman–Crippen MR) is 83.7 cm³/mol. The second kappa shape index (κ2) is 6.36. The molecule has 1 unspecified atom stereocenters. The molecular formula is C17H32O5. The summed E-state index contributed by atoms with van der Waals surface area (Å²) < 4.78 is 24.0. The molecule has 0 amide bonds. The minimum absolute atomic E-state index is 0.262. The molecule has 2 heterocycles. The first-order valence-electron chi connectivity index (χ1n) is 8.31. The number of ether oxygens (including phenoxy) is 4. The summed E-state index contributed by atoms with van der Waals surface area (Å²) in [7, 11) is 0. The van der Waals surface area contributed by atoms with Gasteiger partial charge in [-0.15, -0.1) is 0 Å². The molecule has 130 valence electrons. The van der Waals surface area contributed by atoms with Crippen molar-refractivity contribution in [2.24, 2.45) is 0 Å². The lowest BCUT2D eigenvalue weighted by molar-refractivity contribution is -0.325. The van der Waals surface area contributed by atoms with Gasteiger partial charge in [-0.2, -0.15) is 0 Å². The normalized spacial score (nSPS) is 37.0. The van der Waals surface area contributed by atoms with Crippen LogP contribution in [-0.2, 0) is 18.9 Å². The van der Waals surface area contributed by atoms with Gasteiger partial charge in [0.25, 0.3) is 0 Å². The average molecular weight is 316 g/mol. The van der Waals surface area contributed by atoms with Crippen LogP contribution >= 0.6 is 0 Å². The van der Waals surface area contributed by atoms with E-state index in [0.29, 0.717) is 19.6 Å². The van der Waals surface area contributed by atoms with Crippen LogP contribution in [0, 0.1) is 0 Å². The molecule has 0 aliphatic carbocycles. The molecule has 2 fully saturated rings. The van der Waals surface area contributed by atoms with Gasteiger partial charge in [0.1, 0.15) is 12.2 Å². The van der Waals surface area contributed by atoms with E-state index in [-0.39, 0.29) is 17.3 Å². The Morgan fingerprint density at radius 2 is 1.82 bits per heavy atom. The highest BCUT2D eigenvalue weighted by atomic mass is 16.7. The molecular weight excluding hydrogens is 284 g/mol. The largest absolute Gasteiger partial charge is 0.390 e. The van der Waals surface area contributed by atoms with Gasteiger partial charge in [-0.25, -0.2) is 0 Å². The maximum Gasteiger partial charge on any atom is 0.171 e. The minimum Gasteiger partial charge on any atom is -0.390 e. The molecule has 4 atom stereocenters. The van der Waals surface area contributed by atoms with Gasteiger partial charge in [-0.1, -0.05) is 0 Å². The van der Waals surface area contributed by atoms with E-state index in [9.17, 15) is 5.11 Å². The molecule has 0 aromatic rings. The number of rotatable bonds is 3. The summed E-state index contributed by atoms with van der Waals surface area (Å²) in [6.07, 6.45) is 0.889. The van der Waals surface area contributed by atoms with Gasteiger partial charge < -0.3 is 24.1 Å². The maximum absolute atomic E-state index is 10.6. The van der Waals surface area contributed by atoms with Crippen molar-refractivity contribution >= 4 is 0 Å².